The van der Waals surface area contributed by atoms with Gasteiger partial charge in [-0.25, -0.2) is 0 Å². The van der Waals surface area contributed by atoms with Crippen LogP contribution in [-0.4, -0.2) is 20.8 Å². The third kappa shape index (κ3) is 1.14. The molecule has 0 saturated heterocycles. The molecule has 0 radical (unpaired) electrons. The van der Waals surface area contributed by atoms with Crippen LogP contribution >= 0.6 is 0 Å². The molecule has 16 heavy (non-hydrogen) atoms. The second kappa shape index (κ2) is 3.06. The molecule has 2 saturated carbocycles. The molecule has 0 amide bonds. The molecular formula is C12H18N4. The van der Waals surface area contributed by atoms with Crippen LogP contribution in [0, 0.1) is 11.8 Å². The Bertz CT molecular complexity index is 415. The van der Waals surface area contributed by atoms with Gasteiger partial charge in [-0.15, -0.1) is 10.2 Å². The van der Waals surface area contributed by atoms with Crippen molar-refractivity contribution in [3.8, 4) is 0 Å². The van der Waals surface area contributed by atoms with Crippen molar-refractivity contribution in [3.05, 3.63) is 11.6 Å². The van der Waals surface area contributed by atoms with Crippen molar-refractivity contribution in [1.29, 1.82) is 0 Å². The van der Waals surface area contributed by atoms with E-state index in [1.807, 2.05) is 0 Å². The third-order valence-electron chi connectivity index (χ3n) is 4.72. The van der Waals surface area contributed by atoms with E-state index in [9.17, 15) is 0 Å². The maximum Gasteiger partial charge on any atom is 0.136 e. The highest BCUT2D eigenvalue weighted by Gasteiger charge is 2.55. The summed E-state index contributed by atoms with van der Waals surface area (Å²) in [6.07, 6.45) is 6.31. The zero-order chi connectivity index (χ0) is 10.7. The lowest BCUT2D eigenvalue weighted by Gasteiger charge is -2.21. The summed E-state index contributed by atoms with van der Waals surface area (Å²) in [4.78, 5) is 0. The van der Waals surface area contributed by atoms with Crippen molar-refractivity contribution >= 4 is 0 Å². The predicted molar refractivity (Wildman–Crippen MR) is 59.9 cm³/mol. The Morgan fingerprint density at radius 1 is 1.12 bits per heavy atom. The summed E-state index contributed by atoms with van der Waals surface area (Å²) in [7, 11) is 0. The number of rotatable bonds is 1. The van der Waals surface area contributed by atoms with E-state index >= 15 is 0 Å². The number of nitrogens with two attached hydrogens (primary N) is 1. The highest BCUT2D eigenvalue weighted by molar-refractivity contribution is 5.20. The van der Waals surface area contributed by atoms with Crippen molar-refractivity contribution in [2.75, 3.05) is 0 Å². The van der Waals surface area contributed by atoms with Crippen LogP contribution in [0.2, 0.25) is 0 Å². The summed E-state index contributed by atoms with van der Waals surface area (Å²) in [5.41, 5.74) is 6.04. The van der Waals surface area contributed by atoms with Gasteiger partial charge < -0.3 is 10.3 Å². The Hall–Kier alpha value is -0.900. The number of aryl methyl sites for hydroxylation is 1. The Kier molecular flexibility index (Phi) is 1.76. The second-order valence-corrected chi connectivity index (χ2v) is 5.67. The minimum atomic E-state index is 0.306. The number of fused-ring (bicyclic) bond motifs is 2. The van der Waals surface area contributed by atoms with Crippen molar-refractivity contribution < 1.29 is 0 Å². The van der Waals surface area contributed by atoms with Gasteiger partial charge in [0.05, 0.1) is 0 Å². The van der Waals surface area contributed by atoms with Crippen LogP contribution in [0.5, 0.6) is 0 Å². The normalized spacial score (nSPS) is 40.6. The Balaban J connectivity index is 1.67. The Morgan fingerprint density at radius 2 is 1.94 bits per heavy atom. The quantitative estimate of drug-likeness (QED) is 0.767. The highest BCUT2D eigenvalue weighted by atomic mass is 15.3. The third-order valence-corrected chi connectivity index (χ3v) is 4.72. The van der Waals surface area contributed by atoms with E-state index in [4.69, 9.17) is 5.73 Å². The van der Waals surface area contributed by atoms with Gasteiger partial charge in [0.15, 0.2) is 0 Å². The molecule has 2 aliphatic carbocycles. The van der Waals surface area contributed by atoms with Crippen LogP contribution in [0.4, 0.5) is 0 Å². The SMILES string of the molecule is NC1CCc2nnc(C3C4CCCC43)n2C1. The van der Waals surface area contributed by atoms with Crippen LogP contribution in [0.25, 0.3) is 0 Å². The van der Waals surface area contributed by atoms with Crippen LogP contribution < -0.4 is 5.73 Å². The Labute approximate surface area is 95.2 Å². The topological polar surface area (TPSA) is 56.7 Å². The summed E-state index contributed by atoms with van der Waals surface area (Å²) in [6.45, 7) is 0.938. The van der Waals surface area contributed by atoms with Gasteiger partial charge in [0.25, 0.3) is 0 Å². The maximum atomic E-state index is 6.04. The lowest BCUT2D eigenvalue weighted by atomic mass is 10.1. The molecule has 0 spiro atoms. The first-order valence-corrected chi connectivity index (χ1v) is 6.52. The van der Waals surface area contributed by atoms with Gasteiger partial charge in [-0.05, 0) is 31.1 Å². The molecule has 86 valence electrons. The van der Waals surface area contributed by atoms with Crippen molar-refractivity contribution in [2.45, 2.75) is 50.6 Å². The van der Waals surface area contributed by atoms with E-state index in [-0.39, 0.29) is 0 Å². The van der Waals surface area contributed by atoms with Crippen LogP contribution in [0.1, 0.15) is 43.3 Å². The average Bonchev–Trinajstić information content (AvgIpc) is 2.71. The second-order valence-electron chi connectivity index (χ2n) is 5.67. The standard InChI is InChI=1S/C12H18N4/c13-7-4-5-10-14-15-12(16(10)6-7)11-8-2-1-3-9(8)11/h7-9,11H,1-6,13H2. The van der Waals surface area contributed by atoms with Crippen molar-refractivity contribution in [1.82, 2.24) is 14.8 Å². The van der Waals surface area contributed by atoms with Gasteiger partial charge >= 0.3 is 0 Å². The molecule has 4 nitrogen and oxygen atoms in total. The van der Waals surface area contributed by atoms with E-state index < -0.39 is 0 Å². The largest absolute Gasteiger partial charge is 0.326 e. The molecule has 0 bridgehead atoms. The summed E-state index contributed by atoms with van der Waals surface area (Å²) >= 11 is 0. The number of hydrogen-bond donors (Lipinski definition) is 1. The highest BCUT2D eigenvalue weighted by Crippen LogP contribution is 2.62. The Morgan fingerprint density at radius 3 is 2.75 bits per heavy atom. The number of hydrogen-bond acceptors (Lipinski definition) is 3. The van der Waals surface area contributed by atoms with E-state index in [0.717, 1.165) is 37.1 Å². The predicted octanol–water partition coefficient (Wildman–Crippen LogP) is 1.07. The van der Waals surface area contributed by atoms with Crippen LogP contribution in [-0.2, 0) is 13.0 Å². The number of aromatic nitrogens is 3. The van der Waals surface area contributed by atoms with Crippen LogP contribution in [0.15, 0.2) is 0 Å². The monoisotopic (exact) mass is 218 g/mol. The van der Waals surface area contributed by atoms with Gasteiger partial charge in [-0.1, -0.05) is 6.42 Å². The van der Waals surface area contributed by atoms with Gasteiger partial charge in [0.1, 0.15) is 11.6 Å². The number of nitrogens with zero attached hydrogens (tertiary/aromatic N) is 3. The van der Waals surface area contributed by atoms with Gasteiger partial charge in [0, 0.05) is 24.9 Å². The summed E-state index contributed by atoms with van der Waals surface area (Å²) in [5.74, 6) is 4.99. The summed E-state index contributed by atoms with van der Waals surface area (Å²) < 4.78 is 2.32. The molecule has 1 aliphatic heterocycles. The van der Waals surface area contributed by atoms with E-state index in [2.05, 4.69) is 14.8 Å². The average molecular weight is 218 g/mol. The molecule has 4 heteroatoms. The summed E-state index contributed by atoms with van der Waals surface area (Å²) in [5, 5.41) is 8.77. The molecule has 2 fully saturated rings. The van der Waals surface area contributed by atoms with Crippen molar-refractivity contribution in [3.63, 3.8) is 0 Å². The molecule has 2 heterocycles. The molecule has 3 unspecified atom stereocenters. The van der Waals surface area contributed by atoms with E-state index in [1.54, 1.807) is 0 Å². The minimum absolute atomic E-state index is 0.306. The fourth-order valence-electron chi connectivity index (χ4n) is 3.82. The van der Waals surface area contributed by atoms with E-state index in [1.165, 1.54) is 30.9 Å². The summed E-state index contributed by atoms with van der Waals surface area (Å²) in [6, 6.07) is 0.306. The first-order chi connectivity index (χ1) is 7.84. The van der Waals surface area contributed by atoms with Crippen LogP contribution in [0.3, 0.4) is 0 Å². The molecule has 3 aliphatic rings. The molecule has 1 aromatic rings. The first-order valence-electron chi connectivity index (χ1n) is 6.52. The molecule has 2 N–H and O–H groups in total. The van der Waals surface area contributed by atoms with Gasteiger partial charge in [-0.2, -0.15) is 0 Å². The van der Waals surface area contributed by atoms with E-state index in [0.29, 0.717) is 6.04 Å². The molecule has 0 aromatic carbocycles. The molecule has 4 rings (SSSR count). The van der Waals surface area contributed by atoms with Gasteiger partial charge in [0.2, 0.25) is 0 Å². The van der Waals surface area contributed by atoms with Gasteiger partial charge in [-0.3, -0.25) is 0 Å². The molecular weight excluding hydrogens is 200 g/mol. The fraction of sp³-hybridized carbons (Fsp3) is 0.833. The zero-order valence-electron chi connectivity index (χ0n) is 9.47. The lowest BCUT2D eigenvalue weighted by molar-refractivity contribution is 0.439. The van der Waals surface area contributed by atoms with Crippen molar-refractivity contribution in [2.24, 2.45) is 17.6 Å². The minimum Gasteiger partial charge on any atom is -0.326 e. The first kappa shape index (κ1) is 9.16. The molecule has 3 atom stereocenters. The fourth-order valence-corrected chi connectivity index (χ4v) is 3.82. The molecule has 1 aromatic heterocycles. The maximum absolute atomic E-state index is 6.04. The lowest BCUT2D eigenvalue weighted by Crippen LogP contribution is -2.32. The zero-order valence-corrected chi connectivity index (χ0v) is 9.47. The smallest absolute Gasteiger partial charge is 0.136 e.